The van der Waals surface area contributed by atoms with Crippen molar-refractivity contribution in [1.82, 2.24) is 5.32 Å². The van der Waals surface area contributed by atoms with Gasteiger partial charge in [-0.15, -0.1) is 0 Å². The Balaban J connectivity index is 1.70. The van der Waals surface area contributed by atoms with Crippen molar-refractivity contribution >= 4 is 46.2 Å². The average molecular weight is 459 g/mol. The maximum absolute atomic E-state index is 12.4. The molecule has 0 radical (unpaired) electrons. The zero-order valence-electron chi connectivity index (χ0n) is 17.8. The summed E-state index contributed by atoms with van der Waals surface area (Å²) in [6, 6.07) is 12.9. The van der Waals surface area contributed by atoms with E-state index in [-0.39, 0.29) is 5.91 Å². The van der Waals surface area contributed by atoms with Crippen molar-refractivity contribution in [3.05, 3.63) is 58.0 Å². The summed E-state index contributed by atoms with van der Waals surface area (Å²) in [5.41, 5.74) is 1.60. The highest BCUT2D eigenvalue weighted by Crippen LogP contribution is 2.32. The van der Waals surface area contributed by atoms with Gasteiger partial charge in [-0.05, 0) is 73.1 Å². The number of ether oxygens (including phenoxy) is 2. The number of amides is 1. The van der Waals surface area contributed by atoms with E-state index in [9.17, 15) is 4.79 Å². The van der Waals surface area contributed by atoms with Gasteiger partial charge >= 0.3 is 0 Å². The molecule has 2 aromatic rings. The van der Waals surface area contributed by atoms with Crippen molar-refractivity contribution in [3.63, 3.8) is 0 Å². The van der Waals surface area contributed by atoms with E-state index >= 15 is 0 Å². The molecule has 31 heavy (non-hydrogen) atoms. The molecule has 0 aromatic heterocycles. The summed E-state index contributed by atoms with van der Waals surface area (Å²) in [6.07, 6.45) is 6.44. The quantitative estimate of drug-likeness (QED) is 0.322. The number of halogens is 1. The fourth-order valence-electron chi connectivity index (χ4n) is 2.98. The van der Waals surface area contributed by atoms with Crippen molar-refractivity contribution in [2.75, 3.05) is 13.2 Å². The molecule has 1 fully saturated rings. The van der Waals surface area contributed by atoms with E-state index in [2.05, 4.69) is 17.2 Å². The standard InChI is InChI=1S/C24H27ClN2O3S/c1-3-5-6-7-14-30-20-13-8-17(15-21(20)29-4-2)16-22-23(28)27-24(31-22)26-19-11-9-18(25)10-12-19/h8-13,15-16H,3-7,14H2,1-2H3,(H,26,27,28)/b22-16+. The van der Waals surface area contributed by atoms with Crippen LogP contribution < -0.4 is 14.8 Å². The van der Waals surface area contributed by atoms with Crippen LogP contribution in [0.2, 0.25) is 5.02 Å². The third kappa shape index (κ3) is 7.04. The Morgan fingerprint density at radius 3 is 2.58 bits per heavy atom. The van der Waals surface area contributed by atoms with Crippen LogP contribution >= 0.6 is 23.4 Å². The molecule has 7 heteroatoms. The Hall–Kier alpha value is -2.44. The number of carbonyl (C=O) groups excluding carboxylic acids is 1. The molecule has 2 aromatic carbocycles. The molecule has 0 atom stereocenters. The van der Waals surface area contributed by atoms with Crippen LogP contribution in [0.5, 0.6) is 11.5 Å². The zero-order valence-corrected chi connectivity index (χ0v) is 19.4. The minimum atomic E-state index is -0.174. The fraction of sp³-hybridized carbons (Fsp3) is 0.333. The summed E-state index contributed by atoms with van der Waals surface area (Å²) < 4.78 is 11.7. The largest absolute Gasteiger partial charge is 0.490 e. The van der Waals surface area contributed by atoms with Gasteiger partial charge in [0.1, 0.15) is 0 Å². The van der Waals surface area contributed by atoms with Crippen molar-refractivity contribution < 1.29 is 14.3 Å². The number of hydrogen-bond acceptors (Lipinski definition) is 5. The van der Waals surface area contributed by atoms with E-state index in [1.807, 2.05) is 31.2 Å². The number of aliphatic imine (C=N–C) groups is 1. The van der Waals surface area contributed by atoms with Gasteiger partial charge in [-0.1, -0.05) is 43.9 Å². The number of nitrogens with one attached hydrogen (secondary N) is 1. The van der Waals surface area contributed by atoms with Gasteiger partial charge < -0.3 is 14.8 Å². The number of unbranched alkanes of at least 4 members (excludes halogenated alkanes) is 3. The molecule has 1 amide bonds. The lowest BCUT2D eigenvalue weighted by atomic mass is 10.2. The molecular weight excluding hydrogens is 432 g/mol. The van der Waals surface area contributed by atoms with Crippen LogP contribution in [-0.2, 0) is 4.79 Å². The van der Waals surface area contributed by atoms with Crippen LogP contribution in [0, 0.1) is 0 Å². The molecule has 1 N–H and O–H groups in total. The third-order valence-electron chi connectivity index (χ3n) is 4.53. The SMILES string of the molecule is CCCCCCOc1ccc(/C=C2/SC(=Nc3ccc(Cl)cc3)NC2=O)cc1OCC. The molecular formula is C24H27ClN2O3S. The fourth-order valence-corrected chi connectivity index (χ4v) is 3.95. The molecule has 1 saturated heterocycles. The van der Waals surface area contributed by atoms with Crippen molar-refractivity contribution in [1.29, 1.82) is 0 Å². The van der Waals surface area contributed by atoms with E-state index in [4.69, 9.17) is 21.1 Å². The zero-order chi connectivity index (χ0) is 22.1. The molecule has 5 nitrogen and oxygen atoms in total. The minimum Gasteiger partial charge on any atom is -0.490 e. The maximum Gasteiger partial charge on any atom is 0.264 e. The highest BCUT2D eigenvalue weighted by atomic mass is 35.5. The highest BCUT2D eigenvalue weighted by molar-refractivity contribution is 8.18. The first-order valence-corrected chi connectivity index (χ1v) is 11.7. The van der Waals surface area contributed by atoms with Gasteiger partial charge in [-0.25, -0.2) is 4.99 Å². The van der Waals surface area contributed by atoms with Crippen LogP contribution in [-0.4, -0.2) is 24.3 Å². The normalized spacial score (nSPS) is 16.0. The molecule has 0 aliphatic carbocycles. The van der Waals surface area contributed by atoms with E-state index in [0.717, 1.165) is 29.8 Å². The Bertz CT molecular complexity index is 958. The Morgan fingerprint density at radius 1 is 1.03 bits per heavy atom. The van der Waals surface area contributed by atoms with Crippen molar-refractivity contribution in [3.8, 4) is 11.5 Å². The van der Waals surface area contributed by atoms with Gasteiger partial charge in [0.25, 0.3) is 5.91 Å². The van der Waals surface area contributed by atoms with E-state index in [0.29, 0.717) is 34.1 Å². The summed E-state index contributed by atoms with van der Waals surface area (Å²) in [7, 11) is 0. The lowest BCUT2D eigenvalue weighted by Crippen LogP contribution is -2.19. The van der Waals surface area contributed by atoms with Gasteiger partial charge in [0.15, 0.2) is 16.7 Å². The molecule has 1 aliphatic rings. The Labute approximate surface area is 192 Å². The average Bonchev–Trinajstić information content (AvgIpc) is 3.09. The first-order valence-electron chi connectivity index (χ1n) is 10.5. The summed E-state index contributed by atoms with van der Waals surface area (Å²) in [4.78, 5) is 17.4. The monoisotopic (exact) mass is 458 g/mol. The summed E-state index contributed by atoms with van der Waals surface area (Å²) in [5.74, 6) is 1.24. The molecule has 0 spiro atoms. The predicted octanol–water partition coefficient (Wildman–Crippen LogP) is 6.59. The van der Waals surface area contributed by atoms with Gasteiger partial charge in [0.2, 0.25) is 0 Å². The van der Waals surface area contributed by atoms with Gasteiger partial charge in [-0.2, -0.15) is 0 Å². The summed E-state index contributed by atoms with van der Waals surface area (Å²) >= 11 is 7.21. The lowest BCUT2D eigenvalue weighted by molar-refractivity contribution is -0.115. The second-order valence-corrected chi connectivity index (χ2v) is 8.47. The van der Waals surface area contributed by atoms with Crippen LogP contribution in [0.4, 0.5) is 5.69 Å². The maximum atomic E-state index is 12.4. The second kappa shape index (κ2) is 11.8. The van der Waals surface area contributed by atoms with Gasteiger partial charge in [0, 0.05) is 5.02 Å². The molecule has 3 rings (SSSR count). The molecule has 1 aliphatic heterocycles. The van der Waals surface area contributed by atoms with E-state index < -0.39 is 0 Å². The molecule has 0 saturated carbocycles. The predicted molar refractivity (Wildman–Crippen MR) is 130 cm³/mol. The Morgan fingerprint density at radius 2 is 1.84 bits per heavy atom. The number of nitrogens with zero attached hydrogens (tertiary/aromatic N) is 1. The number of hydrogen-bond donors (Lipinski definition) is 1. The van der Waals surface area contributed by atoms with Crippen LogP contribution in [0.15, 0.2) is 52.4 Å². The molecule has 0 bridgehead atoms. The lowest BCUT2D eigenvalue weighted by Gasteiger charge is -2.12. The van der Waals surface area contributed by atoms with Crippen LogP contribution in [0.3, 0.4) is 0 Å². The van der Waals surface area contributed by atoms with Crippen molar-refractivity contribution in [2.24, 2.45) is 4.99 Å². The first kappa shape index (κ1) is 23.2. The number of amidine groups is 1. The van der Waals surface area contributed by atoms with E-state index in [1.54, 1.807) is 24.3 Å². The summed E-state index contributed by atoms with van der Waals surface area (Å²) in [5, 5.41) is 3.98. The van der Waals surface area contributed by atoms with Gasteiger partial charge in [0.05, 0.1) is 23.8 Å². The van der Waals surface area contributed by atoms with Crippen LogP contribution in [0.25, 0.3) is 6.08 Å². The van der Waals surface area contributed by atoms with Gasteiger partial charge in [-0.3, -0.25) is 4.79 Å². The van der Waals surface area contributed by atoms with Crippen molar-refractivity contribution in [2.45, 2.75) is 39.5 Å². The minimum absolute atomic E-state index is 0.174. The summed E-state index contributed by atoms with van der Waals surface area (Å²) in [6.45, 7) is 5.34. The number of carbonyl (C=O) groups is 1. The third-order valence-corrected chi connectivity index (χ3v) is 5.69. The Kier molecular flexibility index (Phi) is 8.85. The smallest absolute Gasteiger partial charge is 0.264 e. The first-order chi connectivity index (χ1) is 15.1. The topological polar surface area (TPSA) is 59.9 Å². The number of rotatable bonds is 10. The number of thioether (sulfide) groups is 1. The van der Waals surface area contributed by atoms with E-state index in [1.165, 1.54) is 24.6 Å². The number of benzene rings is 2. The van der Waals surface area contributed by atoms with Crippen LogP contribution in [0.1, 0.15) is 45.1 Å². The second-order valence-electron chi connectivity index (χ2n) is 7.01. The molecule has 0 unspecified atom stereocenters. The molecule has 1 heterocycles. The molecule has 164 valence electrons. The highest BCUT2D eigenvalue weighted by Gasteiger charge is 2.24.